The summed E-state index contributed by atoms with van der Waals surface area (Å²) in [6.07, 6.45) is 3.74. The Morgan fingerprint density at radius 3 is 2.58 bits per heavy atom. The predicted molar refractivity (Wildman–Crippen MR) is 49.9 cm³/mol. The van der Waals surface area contributed by atoms with Gasteiger partial charge in [0.2, 0.25) is 0 Å². The molecule has 0 heterocycles. The zero-order valence-corrected chi connectivity index (χ0v) is 8.08. The van der Waals surface area contributed by atoms with Crippen LogP contribution < -0.4 is 0 Å². The third kappa shape index (κ3) is 3.67. The molecule has 2 unspecified atom stereocenters. The number of allylic oxidation sites excluding steroid dienone is 1. The van der Waals surface area contributed by atoms with Gasteiger partial charge in [-0.05, 0) is 19.4 Å². The fraction of sp³-hybridized carbons (Fsp3) is 0.700. The second kappa shape index (κ2) is 5.95. The van der Waals surface area contributed by atoms with E-state index < -0.39 is 0 Å². The largest absolute Gasteiger partial charge is 0.393 e. The first-order valence-corrected chi connectivity index (χ1v) is 4.43. The van der Waals surface area contributed by atoms with Gasteiger partial charge in [0.1, 0.15) is 6.29 Å². The second-order valence-corrected chi connectivity index (χ2v) is 3.19. The van der Waals surface area contributed by atoms with Gasteiger partial charge in [0.25, 0.3) is 0 Å². The number of carbonyl (C=O) groups excluding carboxylic acids is 1. The Labute approximate surface area is 74.3 Å². The summed E-state index contributed by atoms with van der Waals surface area (Å²) in [4.78, 5) is 10.1. The molecule has 0 rings (SSSR count). The van der Waals surface area contributed by atoms with Gasteiger partial charge in [-0.25, -0.2) is 0 Å². The highest BCUT2D eigenvalue weighted by atomic mass is 16.3. The molecule has 0 saturated carbocycles. The zero-order valence-electron chi connectivity index (χ0n) is 8.08. The molecule has 0 aromatic heterocycles. The van der Waals surface area contributed by atoms with Crippen LogP contribution in [0.1, 0.15) is 33.6 Å². The zero-order chi connectivity index (χ0) is 9.56. The molecule has 0 bridgehead atoms. The van der Waals surface area contributed by atoms with E-state index in [9.17, 15) is 9.90 Å². The lowest BCUT2D eigenvalue weighted by atomic mass is 9.93. The SMILES string of the molecule is CCCC(O)C(C)C(C)=CC=O. The standard InChI is InChI=1S/C10H18O2/c1-4-5-10(12)9(3)8(2)6-7-11/h6-7,9-10,12H,4-5H2,1-3H3. The van der Waals surface area contributed by atoms with Gasteiger partial charge in [0.05, 0.1) is 6.10 Å². The van der Waals surface area contributed by atoms with Crippen LogP contribution in [0.3, 0.4) is 0 Å². The summed E-state index contributed by atoms with van der Waals surface area (Å²) in [5.41, 5.74) is 0.950. The highest BCUT2D eigenvalue weighted by Crippen LogP contribution is 2.17. The average molecular weight is 170 g/mol. The van der Waals surface area contributed by atoms with E-state index in [1.807, 2.05) is 20.8 Å². The molecule has 0 fully saturated rings. The minimum Gasteiger partial charge on any atom is -0.393 e. The van der Waals surface area contributed by atoms with Crippen molar-refractivity contribution in [2.75, 3.05) is 0 Å². The van der Waals surface area contributed by atoms with Crippen LogP contribution in [-0.4, -0.2) is 17.5 Å². The van der Waals surface area contributed by atoms with Crippen LogP contribution in [0.5, 0.6) is 0 Å². The molecule has 2 nitrogen and oxygen atoms in total. The van der Waals surface area contributed by atoms with Gasteiger partial charge >= 0.3 is 0 Å². The number of carbonyl (C=O) groups is 1. The lowest BCUT2D eigenvalue weighted by Gasteiger charge is -2.18. The number of hydrogen-bond acceptors (Lipinski definition) is 2. The Morgan fingerprint density at radius 1 is 1.58 bits per heavy atom. The molecule has 0 amide bonds. The van der Waals surface area contributed by atoms with Crippen molar-refractivity contribution in [1.29, 1.82) is 0 Å². The van der Waals surface area contributed by atoms with Gasteiger partial charge in [-0.2, -0.15) is 0 Å². The number of hydrogen-bond donors (Lipinski definition) is 1. The van der Waals surface area contributed by atoms with E-state index in [4.69, 9.17) is 0 Å². The topological polar surface area (TPSA) is 37.3 Å². The molecule has 2 heteroatoms. The second-order valence-electron chi connectivity index (χ2n) is 3.19. The fourth-order valence-corrected chi connectivity index (χ4v) is 1.11. The lowest BCUT2D eigenvalue weighted by molar-refractivity contribution is -0.104. The molecule has 0 aromatic carbocycles. The van der Waals surface area contributed by atoms with Crippen molar-refractivity contribution in [1.82, 2.24) is 0 Å². The molecule has 0 radical (unpaired) electrons. The third-order valence-electron chi connectivity index (χ3n) is 2.21. The van der Waals surface area contributed by atoms with Crippen molar-refractivity contribution >= 4 is 6.29 Å². The molecular weight excluding hydrogens is 152 g/mol. The number of aliphatic hydroxyl groups is 1. The third-order valence-corrected chi connectivity index (χ3v) is 2.21. The molecule has 12 heavy (non-hydrogen) atoms. The van der Waals surface area contributed by atoms with Crippen LogP contribution >= 0.6 is 0 Å². The fourth-order valence-electron chi connectivity index (χ4n) is 1.11. The van der Waals surface area contributed by atoms with Crippen LogP contribution in [0.25, 0.3) is 0 Å². The molecule has 0 aliphatic carbocycles. The molecular formula is C10H18O2. The Balaban J connectivity index is 4.07. The van der Waals surface area contributed by atoms with E-state index in [-0.39, 0.29) is 12.0 Å². The average Bonchev–Trinajstić information content (AvgIpc) is 2.04. The van der Waals surface area contributed by atoms with Gasteiger partial charge in [-0.15, -0.1) is 0 Å². The van der Waals surface area contributed by atoms with E-state index in [1.165, 1.54) is 6.08 Å². The molecule has 0 aliphatic rings. The Morgan fingerprint density at radius 2 is 2.17 bits per heavy atom. The van der Waals surface area contributed by atoms with E-state index in [0.717, 1.165) is 24.7 Å². The van der Waals surface area contributed by atoms with Crippen molar-refractivity contribution < 1.29 is 9.90 Å². The van der Waals surface area contributed by atoms with Gasteiger partial charge in [0.15, 0.2) is 0 Å². The predicted octanol–water partition coefficient (Wildman–Crippen LogP) is 1.93. The molecule has 2 atom stereocenters. The first-order valence-electron chi connectivity index (χ1n) is 4.43. The summed E-state index contributed by atoms with van der Waals surface area (Å²) in [5, 5.41) is 9.56. The maximum absolute atomic E-state index is 10.1. The maximum atomic E-state index is 10.1. The molecule has 0 saturated heterocycles. The van der Waals surface area contributed by atoms with Crippen molar-refractivity contribution in [3.8, 4) is 0 Å². The quantitative estimate of drug-likeness (QED) is 0.505. The van der Waals surface area contributed by atoms with Crippen molar-refractivity contribution in [2.45, 2.75) is 39.7 Å². The molecule has 0 spiro atoms. The number of rotatable bonds is 5. The normalized spacial score (nSPS) is 17.2. The summed E-state index contributed by atoms with van der Waals surface area (Å²) in [6, 6.07) is 0. The van der Waals surface area contributed by atoms with Crippen LogP contribution in [0, 0.1) is 5.92 Å². The van der Waals surface area contributed by atoms with Crippen LogP contribution in [-0.2, 0) is 4.79 Å². The van der Waals surface area contributed by atoms with Crippen LogP contribution in [0.4, 0.5) is 0 Å². The monoisotopic (exact) mass is 170 g/mol. The van der Waals surface area contributed by atoms with E-state index in [2.05, 4.69) is 0 Å². The Bertz CT molecular complexity index is 161. The summed E-state index contributed by atoms with van der Waals surface area (Å²) in [7, 11) is 0. The number of aldehydes is 1. The van der Waals surface area contributed by atoms with E-state index in [1.54, 1.807) is 0 Å². The minimum atomic E-state index is -0.314. The first kappa shape index (κ1) is 11.4. The van der Waals surface area contributed by atoms with Gasteiger partial charge in [-0.1, -0.05) is 25.8 Å². The summed E-state index contributed by atoms with van der Waals surface area (Å²) in [5.74, 6) is 0.0927. The highest BCUT2D eigenvalue weighted by molar-refractivity contribution is 5.66. The van der Waals surface area contributed by atoms with Gasteiger partial charge in [-0.3, -0.25) is 4.79 Å². The molecule has 0 aromatic rings. The Kier molecular flexibility index (Phi) is 5.64. The number of aliphatic hydroxyl groups excluding tert-OH is 1. The Hall–Kier alpha value is -0.630. The molecule has 0 aliphatic heterocycles. The van der Waals surface area contributed by atoms with Crippen molar-refractivity contribution in [3.63, 3.8) is 0 Å². The lowest BCUT2D eigenvalue weighted by Crippen LogP contribution is -2.18. The maximum Gasteiger partial charge on any atom is 0.142 e. The highest BCUT2D eigenvalue weighted by Gasteiger charge is 2.13. The van der Waals surface area contributed by atoms with Gasteiger partial charge in [0, 0.05) is 5.92 Å². The van der Waals surface area contributed by atoms with Crippen LogP contribution in [0.15, 0.2) is 11.6 Å². The van der Waals surface area contributed by atoms with E-state index >= 15 is 0 Å². The first-order chi connectivity index (χ1) is 5.63. The minimum absolute atomic E-state index is 0.0927. The van der Waals surface area contributed by atoms with E-state index in [0.29, 0.717) is 0 Å². The van der Waals surface area contributed by atoms with Crippen LogP contribution in [0.2, 0.25) is 0 Å². The molecule has 70 valence electrons. The summed E-state index contributed by atoms with van der Waals surface area (Å²) < 4.78 is 0. The summed E-state index contributed by atoms with van der Waals surface area (Å²) >= 11 is 0. The van der Waals surface area contributed by atoms with Crippen molar-refractivity contribution in [2.24, 2.45) is 5.92 Å². The smallest absolute Gasteiger partial charge is 0.142 e. The summed E-state index contributed by atoms with van der Waals surface area (Å²) in [6.45, 7) is 5.85. The van der Waals surface area contributed by atoms with Gasteiger partial charge < -0.3 is 5.11 Å². The van der Waals surface area contributed by atoms with Crippen molar-refractivity contribution in [3.05, 3.63) is 11.6 Å². The molecule has 1 N–H and O–H groups in total.